The second kappa shape index (κ2) is 3.78. The summed E-state index contributed by atoms with van der Waals surface area (Å²) < 4.78 is 0. The van der Waals surface area contributed by atoms with Gasteiger partial charge in [0.25, 0.3) is 0 Å². The van der Waals surface area contributed by atoms with Crippen molar-refractivity contribution in [2.45, 2.75) is 52.1 Å². The predicted octanol–water partition coefficient (Wildman–Crippen LogP) is 1.53. The van der Waals surface area contributed by atoms with Crippen LogP contribution in [0, 0.1) is 11.3 Å². The molecule has 0 bridgehead atoms. The fourth-order valence-electron chi connectivity index (χ4n) is 2.55. The number of aliphatic imine (C=N–C) groups is 1. The first kappa shape index (κ1) is 10.9. The summed E-state index contributed by atoms with van der Waals surface area (Å²) in [6.45, 7) is 7.49. The van der Waals surface area contributed by atoms with E-state index in [-0.39, 0.29) is 5.41 Å². The molecule has 15 heavy (non-hydrogen) atoms. The molecule has 86 valence electrons. The Morgan fingerprint density at radius 2 is 2.13 bits per heavy atom. The molecule has 0 radical (unpaired) electrons. The van der Waals surface area contributed by atoms with Gasteiger partial charge >= 0.3 is 0 Å². The third kappa shape index (κ3) is 2.17. The zero-order chi connectivity index (χ0) is 11.1. The largest absolute Gasteiger partial charge is 0.368 e. The Bertz CT molecular complexity index is 265. The zero-order valence-electron chi connectivity index (χ0n) is 10.1. The van der Waals surface area contributed by atoms with Crippen molar-refractivity contribution in [1.82, 2.24) is 5.32 Å². The second-order valence-electron chi connectivity index (χ2n) is 5.96. The number of nitrogens with zero attached hydrogens (tertiary/aromatic N) is 1. The minimum Gasteiger partial charge on any atom is -0.368 e. The van der Waals surface area contributed by atoms with Gasteiger partial charge < -0.3 is 11.1 Å². The molecule has 3 heteroatoms. The van der Waals surface area contributed by atoms with Crippen LogP contribution in [0.1, 0.15) is 40.0 Å². The summed E-state index contributed by atoms with van der Waals surface area (Å²) in [6.07, 6.45) is 3.66. The Morgan fingerprint density at radius 3 is 2.73 bits per heavy atom. The third-order valence-corrected chi connectivity index (χ3v) is 3.58. The smallest absolute Gasteiger partial charge is 0.102 e. The van der Waals surface area contributed by atoms with Gasteiger partial charge in [-0.1, -0.05) is 20.8 Å². The summed E-state index contributed by atoms with van der Waals surface area (Å²) in [5.41, 5.74) is 5.90. The van der Waals surface area contributed by atoms with E-state index in [0.717, 1.165) is 6.54 Å². The van der Waals surface area contributed by atoms with Crippen molar-refractivity contribution in [3.05, 3.63) is 0 Å². The summed E-state index contributed by atoms with van der Waals surface area (Å²) in [7, 11) is 0. The van der Waals surface area contributed by atoms with Crippen LogP contribution in [0.4, 0.5) is 0 Å². The van der Waals surface area contributed by atoms with Crippen molar-refractivity contribution < 1.29 is 0 Å². The first-order chi connectivity index (χ1) is 7.00. The molecule has 0 aromatic rings. The van der Waals surface area contributed by atoms with Crippen LogP contribution in [-0.4, -0.2) is 24.5 Å². The van der Waals surface area contributed by atoms with Crippen molar-refractivity contribution in [3.63, 3.8) is 0 Å². The monoisotopic (exact) mass is 209 g/mol. The van der Waals surface area contributed by atoms with Crippen molar-refractivity contribution >= 4 is 5.84 Å². The average molecular weight is 209 g/mol. The molecule has 1 heterocycles. The molecule has 3 unspecified atom stereocenters. The van der Waals surface area contributed by atoms with Gasteiger partial charge in [0.05, 0.1) is 6.04 Å². The lowest BCUT2D eigenvalue weighted by molar-refractivity contribution is 0.294. The van der Waals surface area contributed by atoms with E-state index in [9.17, 15) is 0 Å². The highest BCUT2D eigenvalue weighted by atomic mass is 15.1. The topological polar surface area (TPSA) is 50.4 Å². The van der Waals surface area contributed by atoms with E-state index < -0.39 is 0 Å². The molecule has 0 aromatic carbocycles. The molecule has 0 amide bonds. The molecule has 0 aromatic heterocycles. The molecule has 1 aliphatic heterocycles. The zero-order valence-corrected chi connectivity index (χ0v) is 10.1. The molecule has 3 atom stereocenters. The summed E-state index contributed by atoms with van der Waals surface area (Å²) in [4.78, 5) is 4.81. The molecular formula is C12H23N3. The van der Waals surface area contributed by atoms with Gasteiger partial charge in [-0.3, -0.25) is 4.99 Å². The van der Waals surface area contributed by atoms with Gasteiger partial charge in [-0.05, 0) is 31.7 Å². The highest BCUT2D eigenvalue weighted by molar-refractivity contribution is 5.89. The van der Waals surface area contributed by atoms with Crippen LogP contribution in [0.15, 0.2) is 4.99 Å². The van der Waals surface area contributed by atoms with Gasteiger partial charge in [0.2, 0.25) is 0 Å². The quantitative estimate of drug-likeness (QED) is 0.688. The number of fused-ring (bicyclic) bond motifs is 1. The summed E-state index contributed by atoms with van der Waals surface area (Å²) in [5.74, 6) is 1.89. The Morgan fingerprint density at radius 1 is 1.40 bits per heavy atom. The number of nitrogens with two attached hydrogens (primary N) is 1. The van der Waals surface area contributed by atoms with E-state index in [1.54, 1.807) is 0 Å². The van der Waals surface area contributed by atoms with E-state index in [2.05, 4.69) is 26.1 Å². The number of amidine groups is 1. The van der Waals surface area contributed by atoms with E-state index >= 15 is 0 Å². The minimum atomic E-state index is 0.162. The Balaban J connectivity index is 2.03. The predicted molar refractivity (Wildman–Crippen MR) is 64.0 cm³/mol. The second-order valence-corrected chi connectivity index (χ2v) is 5.96. The van der Waals surface area contributed by atoms with Crippen LogP contribution in [-0.2, 0) is 0 Å². The number of hydrogen-bond acceptors (Lipinski definition) is 3. The van der Waals surface area contributed by atoms with Crippen LogP contribution < -0.4 is 11.1 Å². The Labute approximate surface area is 92.5 Å². The van der Waals surface area contributed by atoms with E-state index in [1.807, 2.05) is 0 Å². The van der Waals surface area contributed by atoms with Crippen LogP contribution in [0.3, 0.4) is 0 Å². The molecule has 3 N–H and O–H groups in total. The number of rotatable bonds is 1. The molecule has 2 rings (SSSR count). The van der Waals surface area contributed by atoms with Crippen LogP contribution >= 0.6 is 0 Å². The van der Waals surface area contributed by atoms with E-state index in [4.69, 9.17) is 10.7 Å². The molecular weight excluding hydrogens is 186 g/mol. The maximum atomic E-state index is 5.74. The van der Waals surface area contributed by atoms with Gasteiger partial charge in [-0.25, -0.2) is 0 Å². The normalized spacial score (nSPS) is 35.7. The van der Waals surface area contributed by atoms with Crippen molar-refractivity contribution in [3.8, 4) is 0 Å². The van der Waals surface area contributed by atoms with Crippen LogP contribution in [0.5, 0.6) is 0 Å². The Hall–Kier alpha value is -0.570. The first-order valence-corrected chi connectivity index (χ1v) is 6.05. The van der Waals surface area contributed by atoms with Crippen LogP contribution in [0.25, 0.3) is 0 Å². The number of hydrogen-bond donors (Lipinski definition) is 2. The van der Waals surface area contributed by atoms with Crippen LogP contribution in [0.2, 0.25) is 0 Å². The summed E-state index contributed by atoms with van der Waals surface area (Å²) in [6, 6.07) is 1.07. The lowest BCUT2D eigenvalue weighted by atomic mass is 9.83. The van der Waals surface area contributed by atoms with Crippen molar-refractivity contribution in [1.29, 1.82) is 0 Å². The molecule has 0 spiro atoms. The third-order valence-electron chi connectivity index (χ3n) is 3.58. The van der Waals surface area contributed by atoms with Crippen molar-refractivity contribution in [2.75, 3.05) is 6.54 Å². The van der Waals surface area contributed by atoms with E-state index in [1.165, 1.54) is 25.1 Å². The maximum absolute atomic E-state index is 5.74. The van der Waals surface area contributed by atoms with Gasteiger partial charge in [0, 0.05) is 11.5 Å². The fraction of sp³-hybridized carbons (Fsp3) is 0.917. The Kier molecular flexibility index (Phi) is 2.75. The van der Waals surface area contributed by atoms with Gasteiger partial charge in [0.15, 0.2) is 0 Å². The molecule has 1 aliphatic carbocycles. The molecule has 1 saturated carbocycles. The van der Waals surface area contributed by atoms with E-state index in [0.29, 0.717) is 18.0 Å². The van der Waals surface area contributed by atoms with Gasteiger partial charge in [-0.2, -0.15) is 0 Å². The lowest BCUT2D eigenvalue weighted by Crippen LogP contribution is -2.43. The molecule has 0 saturated heterocycles. The maximum Gasteiger partial charge on any atom is 0.102 e. The standard InChI is InChI=1S/C12H23N3/c1-12(2,3)11-14-9-5-4-8(7-13)6-10(9)15-11/h8-10H,4-7,13H2,1-3H3,(H,14,15). The van der Waals surface area contributed by atoms with Crippen molar-refractivity contribution in [2.24, 2.45) is 22.1 Å². The fourth-order valence-corrected chi connectivity index (χ4v) is 2.55. The molecule has 2 aliphatic rings. The SMILES string of the molecule is CC(C)(C)C1=NC2CCC(CN)CC2N1. The highest BCUT2D eigenvalue weighted by Crippen LogP contribution is 2.31. The highest BCUT2D eigenvalue weighted by Gasteiger charge is 2.37. The first-order valence-electron chi connectivity index (χ1n) is 6.05. The minimum absolute atomic E-state index is 0.162. The molecule has 1 fully saturated rings. The number of nitrogens with one attached hydrogen (secondary N) is 1. The average Bonchev–Trinajstić information content (AvgIpc) is 2.59. The summed E-state index contributed by atoms with van der Waals surface area (Å²) in [5, 5.41) is 3.59. The summed E-state index contributed by atoms with van der Waals surface area (Å²) >= 11 is 0. The van der Waals surface area contributed by atoms with Gasteiger partial charge in [-0.15, -0.1) is 0 Å². The molecule has 3 nitrogen and oxygen atoms in total. The van der Waals surface area contributed by atoms with Gasteiger partial charge in [0.1, 0.15) is 5.84 Å². The lowest BCUT2D eigenvalue weighted by Gasteiger charge is -2.30.